The summed E-state index contributed by atoms with van der Waals surface area (Å²) in [5.41, 5.74) is 5.66. The Kier molecular flexibility index (Phi) is 2.77. The lowest BCUT2D eigenvalue weighted by atomic mass is 9.91. The van der Waals surface area contributed by atoms with E-state index in [0.717, 1.165) is 12.5 Å². The third-order valence-corrected chi connectivity index (χ3v) is 3.67. The molecule has 2 aliphatic rings. The Labute approximate surface area is 85.6 Å². The molecule has 3 atom stereocenters. The van der Waals surface area contributed by atoms with Crippen molar-refractivity contribution in [2.45, 2.75) is 51.1 Å². The topological polar surface area (TPSA) is 46.3 Å². The predicted octanol–water partition coefficient (Wildman–Crippen LogP) is 1.12. The van der Waals surface area contributed by atoms with Gasteiger partial charge in [-0.1, -0.05) is 6.42 Å². The van der Waals surface area contributed by atoms with Gasteiger partial charge in [-0.15, -0.1) is 0 Å². The zero-order valence-corrected chi connectivity index (χ0v) is 8.91. The van der Waals surface area contributed by atoms with Gasteiger partial charge in [0.2, 0.25) is 5.91 Å². The van der Waals surface area contributed by atoms with E-state index in [1.807, 2.05) is 4.90 Å². The smallest absolute Gasteiger partial charge is 0.239 e. The molecule has 0 radical (unpaired) electrons. The van der Waals surface area contributed by atoms with Crippen molar-refractivity contribution in [2.75, 3.05) is 6.54 Å². The molecule has 1 saturated carbocycles. The van der Waals surface area contributed by atoms with E-state index < -0.39 is 0 Å². The molecule has 0 unspecified atom stereocenters. The van der Waals surface area contributed by atoms with Crippen LogP contribution in [0.5, 0.6) is 0 Å². The zero-order chi connectivity index (χ0) is 10.1. The van der Waals surface area contributed by atoms with Gasteiger partial charge in [-0.25, -0.2) is 0 Å². The van der Waals surface area contributed by atoms with Gasteiger partial charge in [0.15, 0.2) is 0 Å². The lowest BCUT2D eigenvalue weighted by Gasteiger charge is -2.38. The van der Waals surface area contributed by atoms with Gasteiger partial charge < -0.3 is 10.6 Å². The van der Waals surface area contributed by atoms with E-state index in [1.54, 1.807) is 6.92 Å². The average molecular weight is 196 g/mol. The molecule has 1 aliphatic carbocycles. The Morgan fingerprint density at radius 2 is 2.07 bits per heavy atom. The Balaban J connectivity index is 2.06. The molecule has 0 bridgehead atoms. The van der Waals surface area contributed by atoms with Crippen LogP contribution >= 0.6 is 0 Å². The minimum Gasteiger partial charge on any atom is -0.338 e. The van der Waals surface area contributed by atoms with Crippen LogP contribution in [0.2, 0.25) is 0 Å². The number of rotatable bonds is 1. The number of carbonyl (C=O) groups is 1. The molecule has 1 saturated heterocycles. The highest BCUT2D eigenvalue weighted by Gasteiger charge is 2.37. The molecular formula is C11H20N2O. The van der Waals surface area contributed by atoms with E-state index >= 15 is 0 Å². The maximum atomic E-state index is 11.8. The van der Waals surface area contributed by atoms with Crippen molar-refractivity contribution in [3.63, 3.8) is 0 Å². The lowest BCUT2D eigenvalue weighted by molar-refractivity contribution is -0.136. The van der Waals surface area contributed by atoms with Crippen molar-refractivity contribution in [1.29, 1.82) is 0 Å². The molecule has 0 aromatic rings. The molecule has 3 nitrogen and oxygen atoms in total. The van der Waals surface area contributed by atoms with Gasteiger partial charge in [0.05, 0.1) is 6.04 Å². The van der Waals surface area contributed by atoms with Gasteiger partial charge in [0.1, 0.15) is 0 Å². The zero-order valence-electron chi connectivity index (χ0n) is 8.91. The van der Waals surface area contributed by atoms with Gasteiger partial charge in [0.25, 0.3) is 0 Å². The third kappa shape index (κ3) is 1.65. The second-order valence-corrected chi connectivity index (χ2v) is 4.72. The van der Waals surface area contributed by atoms with E-state index in [4.69, 9.17) is 5.73 Å². The summed E-state index contributed by atoms with van der Waals surface area (Å²) in [6.45, 7) is 2.72. The maximum Gasteiger partial charge on any atom is 0.239 e. The number of likely N-dealkylation sites (tertiary alicyclic amines) is 1. The van der Waals surface area contributed by atoms with Crippen molar-refractivity contribution in [2.24, 2.45) is 11.7 Å². The van der Waals surface area contributed by atoms with Gasteiger partial charge in [-0.3, -0.25) is 4.79 Å². The lowest BCUT2D eigenvalue weighted by Crippen LogP contribution is -2.51. The second-order valence-electron chi connectivity index (χ2n) is 4.72. The molecule has 14 heavy (non-hydrogen) atoms. The normalized spacial score (nSPS) is 34.0. The molecule has 0 aromatic heterocycles. The average Bonchev–Trinajstić information content (AvgIpc) is 2.63. The SMILES string of the molecule is C[C@@H](N)C(=O)N1CCC[C@@H]2CCC[C@@H]21. The van der Waals surface area contributed by atoms with Crippen molar-refractivity contribution in [3.8, 4) is 0 Å². The molecule has 0 spiro atoms. The van der Waals surface area contributed by atoms with Crippen molar-refractivity contribution < 1.29 is 4.79 Å². The monoisotopic (exact) mass is 196 g/mol. The first-order chi connectivity index (χ1) is 6.70. The standard InChI is InChI=1S/C11H20N2O/c1-8(12)11(14)13-7-3-5-9-4-2-6-10(9)13/h8-10H,2-7,12H2,1H3/t8-,9+,10+/m1/s1. The van der Waals surface area contributed by atoms with E-state index in [-0.39, 0.29) is 11.9 Å². The van der Waals surface area contributed by atoms with Crippen LogP contribution in [0.15, 0.2) is 0 Å². The highest BCUT2D eigenvalue weighted by molar-refractivity contribution is 5.81. The van der Waals surface area contributed by atoms with Crippen molar-refractivity contribution in [1.82, 2.24) is 4.90 Å². The molecule has 2 N–H and O–H groups in total. The fourth-order valence-corrected chi connectivity index (χ4v) is 2.99. The summed E-state index contributed by atoms with van der Waals surface area (Å²) in [7, 11) is 0. The molecule has 1 amide bonds. The summed E-state index contributed by atoms with van der Waals surface area (Å²) < 4.78 is 0. The van der Waals surface area contributed by atoms with Crippen molar-refractivity contribution in [3.05, 3.63) is 0 Å². The van der Waals surface area contributed by atoms with E-state index in [1.165, 1.54) is 32.1 Å². The third-order valence-electron chi connectivity index (χ3n) is 3.67. The Bertz CT molecular complexity index is 227. The minimum absolute atomic E-state index is 0.154. The van der Waals surface area contributed by atoms with Crippen LogP contribution < -0.4 is 5.73 Å². The summed E-state index contributed by atoms with van der Waals surface area (Å²) in [6, 6.07) is 0.191. The van der Waals surface area contributed by atoms with Crippen LogP contribution in [0.4, 0.5) is 0 Å². The minimum atomic E-state index is -0.325. The fraction of sp³-hybridized carbons (Fsp3) is 0.909. The first kappa shape index (κ1) is 9.97. The summed E-state index contributed by atoms with van der Waals surface area (Å²) in [6.07, 6.45) is 6.28. The van der Waals surface area contributed by atoms with Gasteiger partial charge >= 0.3 is 0 Å². The van der Waals surface area contributed by atoms with Crippen LogP contribution in [0.25, 0.3) is 0 Å². The Morgan fingerprint density at radius 3 is 2.79 bits per heavy atom. The Morgan fingerprint density at radius 1 is 1.36 bits per heavy atom. The van der Waals surface area contributed by atoms with E-state index in [2.05, 4.69) is 0 Å². The van der Waals surface area contributed by atoms with E-state index in [9.17, 15) is 4.79 Å². The van der Waals surface area contributed by atoms with Crippen LogP contribution in [-0.2, 0) is 4.79 Å². The number of piperidine rings is 1. The number of carbonyl (C=O) groups excluding carboxylic acids is 1. The maximum absolute atomic E-state index is 11.8. The number of nitrogens with two attached hydrogens (primary N) is 1. The molecule has 80 valence electrons. The number of amides is 1. The molecule has 1 aliphatic heterocycles. The van der Waals surface area contributed by atoms with E-state index in [0.29, 0.717) is 6.04 Å². The van der Waals surface area contributed by atoms with Crippen LogP contribution in [0.3, 0.4) is 0 Å². The van der Waals surface area contributed by atoms with Gasteiger partial charge in [0, 0.05) is 12.6 Å². The molecule has 1 heterocycles. The largest absolute Gasteiger partial charge is 0.338 e. The number of hydrogen-bond donors (Lipinski definition) is 1. The Hall–Kier alpha value is -0.570. The molecule has 0 aromatic carbocycles. The molecule has 2 rings (SSSR count). The van der Waals surface area contributed by atoms with Crippen molar-refractivity contribution >= 4 is 5.91 Å². The molecular weight excluding hydrogens is 176 g/mol. The van der Waals surface area contributed by atoms with Gasteiger partial charge in [-0.05, 0) is 38.5 Å². The fourth-order valence-electron chi connectivity index (χ4n) is 2.99. The molecule has 2 fully saturated rings. The summed E-state index contributed by atoms with van der Waals surface area (Å²) >= 11 is 0. The quantitative estimate of drug-likeness (QED) is 0.683. The van der Waals surface area contributed by atoms with Crippen LogP contribution in [-0.4, -0.2) is 29.4 Å². The molecule has 3 heteroatoms. The van der Waals surface area contributed by atoms with Gasteiger partial charge in [-0.2, -0.15) is 0 Å². The summed E-state index contributed by atoms with van der Waals surface area (Å²) in [4.78, 5) is 13.9. The predicted molar refractivity (Wildman–Crippen MR) is 55.7 cm³/mol. The summed E-state index contributed by atoms with van der Waals surface area (Å²) in [5.74, 6) is 0.924. The highest BCUT2D eigenvalue weighted by atomic mass is 16.2. The van der Waals surface area contributed by atoms with Crippen LogP contribution in [0.1, 0.15) is 39.0 Å². The number of nitrogens with zero attached hydrogens (tertiary/aromatic N) is 1. The second kappa shape index (κ2) is 3.89. The van der Waals surface area contributed by atoms with Crippen LogP contribution in [0, 0.1) is 5.92 Å². The number of fused-ring (bicyclic) bond motifs is 1. The summed E-state index contributed by atoms with van der Waals surface area (Å²) in [5, 5.41) is 0. The first-order valence-corrected chi connectivity index (χ1v) is 5.76. The first-order valence-electron chi connectivity index (χ1n) is 5.76. The highest BCUT2D eigenvalue weighted by Crippen LogP contribution is 2.36. The number of hydrogen-bond acceptors (Lipinski definition) is 2.